The third-order valence-electron chi connectivity index (χ3n) is 5.43. The van der Waals surface area contributed by atoms with Gasteiger partial charge in [0.2, 0.25) is 0 Å². The van der Waals surface area contributed by atoms with Crippen molar-refractivity contribution in [3.8, 4) is 0 Å². The molecule has 0 bridgehead atoms. The first-order valence-corrected chi connectivity index (χ1v) is 10.5. The Kier molecular flexibility index (Phi) is 6.16. The Morgan fingerprint density at radius 1 is 1.27 bits per heavy atom. The molecule has 1 aliphatic rings. The van der Waals surface area contributed by atoms with Gasteiger partial charge in [0.05, 0.1) is 34.8 Å². The van der Waals surface area contributed by atoms with Crippen molar-refractivity contribution in [3.63, 3.8) is 0 Å². The van der Waals surface area contributed by atoms with Crippen molar-refractivity contribution < 1.29 is 9.53 Å². The first kappa shape index (κ1) is 20.6. The van der Waals surface area contributed by atoms with Gasteiger partial charge in [-0.15, -0.1) is 0 Å². The van der Waals surface area contributed by atoms with Crippen LogP contribution in [0.5, 0.6) is 0 Å². The van der Waals surface area contributed by atoms with Crippen molar-refractivity contribution in [2.24, 2.45) is 0 Å². The van der Waals surface area contributed by atoms with Gasteiger partial charge >= 0.3 is 0 Å². The Hall–Kier alpha value is -2.70. The van der Waals surface area contributed by atoms with Gasteiger partial charge in [0, 0.05) is 24.4 Å². The molecule has 30 heavy (non-hydrogen) atoms. The predicted octanol–water partition coefficient (Wildman–Crippen LogP) is 3.86. The number of hydrogen-bond acceptors (Lipinski definition) is 4. The number of aromatic nitrogens is 2. The number of carbonyl (C=O) groups is 1. The molecule has 1 aromatic carbocycles. The normalized spacial score (nSPS) is 16.5. The number of nitrogens with zero attached hydrogens (tertiary/aromatic N) is 2. The van der Waals surface area contributed by atoms with Crippen molar-refractivity contribution in [3.05, 3.63) is 74.8 Å². The molecule has 7 heteroatoms. The predicted molar refractivity (Wildman–Crippen MR) is 117 cm³/mol. The van der Waals surface area contributed by atoms with Crippen LogP contribution in [0.25, 0.3) is 10.9 Å². The largest absolute Gasteiger partial charge is 0.376 e. The van der Waals surface area contributed by atoms with Crippen molar-refractivity contribution in [1.29, 1.82) is 0 Å². The zero-order valence-electron chi connectivity index (χ0n) is 16.9. The van der Waals surface area contributed by atoms with Crippen LogP contribution in [0, 0.1) is 6.92 Å². The van der Waals surface area contributed by atoms with E-state index in [-0.39, 0.29) is 17.6 Å². The molecule has 1 N–H and O–H groups in total. The summed E-state index contributed by atoms with van der Waals surface area (Å²) in [5, 5.41) is 3.98. The lowest BCUT2D eigenvalue weighted by Gasteiger charge is -2.23. The van der Waals surface area contributed by atoms with Crippen LogP contribution in [0.15, 0.2) is 47.4 Å². The summed E-state index contributed by atoms with van der Waals surface area (Å²) in [5.41, 5.74) is 2.37. The average molecular weight is 426 g/mol. The molecule has 4 rings (SSSR count). The third kappa shape index (κ3) is 4.55. The Balaban J connectivity index is 1.57. The summed E-state index contributed by atoms with van der Waals surface area (Å²) in [6.45, 7) is 3.40. The van der Waals surface area contributed by atoms with Crippen LogP contribution in [0.2, 0.25) is 5.02 Å². The Morgan fingerprint density at radius 2 is 2.07 bits per heavy atom. The third-order valence-corrected chi connectivity index (χ3v) is 5.68. The molecule has 1 fully saturated rings. The smallest absolute Gasteiger partial charge is 0.260 e. The molecular formula is C23H24ClN3O3. The fraction of sp³-hybridized carbons (Fsp3) is 0.348. The minimum atomic E-state index is -0.262. The fourth-order valence-electron chi connectivity index (χ4n) is 3.73. The molecule has 0 saturated carbocycles. The summed E-state index contributed by atoms with van der Waals surface area (Å²) >= 11 is 5.90. The molecule has 3 aromatic rings. The Morgan fingerprint density at radius 3 is 2.80 bits per heavy atom. The Labute approximate surface area is 179 Å². The van der Waals surface area contributed by atoms with E-state index in [2.05, 4.69) is 10.3 Å². The molecule has 0 radical (unpaired) electrons. The highest BCUT2D eigenvalue weighted by molar-refractivity contribution is 6.30. The molecule has 6 nitrogen and oxygen atoms in total. The monoisotopic (exact) mass is 425 g/mol. The molecule has 0 aliphatic carbocycles. The van der Waals surface area contributed by atoms with E-state index in [1.807, 2.05) is 18.2 Å². The first-order chi connectivity index (χ1) is 14.5. The highest BCUT2D eigenvalue weighted by atomic mass is 35.5. The first-order valence-electron chi connectivity index (χ1n) is 10.2. The highest BCUT2D eigenvalue weighted by Gasteiger charge is 2.17. The second-order valence-electron chi connectivity index (χ2n) is 7.63. The number of rotatable bonds is 5. The number of hydrogen-bond donors (Lipinski definition) is 1. The molecule has 2 aromatic heterocycles. The van der Waals surface area contributed by atoms with Crippen LogP contribution in [-0.2, 0) is 17.8 Å². The molecule has 1 amide bonds. The molecule has 3 heterocycles. The van der Waals surface area contributed by atoms with Crippen LogP contribution >= 0.6 is 11.6 Å². The molecule has 1 atom stereocenters. The average Bonchev–Trinajstić information content (AvgIpc) is 2.75. The van der Waals surface area contributed by atoms with Gasteiger partial charge in [-0.25, -0.2) is 0 Å². The lowest BCUT2D eigenvalue weighted by atomic mass is 10.1. The van der Waals surface area contributed by atoms with Gasteiger partial charge in [-0.05, 0) is 56.0 Å². The molecule has 1 unspecified atom stereocenters. The Bertz CT molecular complexity index is 1120. The van der Waals surface area contributed by atoms with E-state index in [4.69, 9.17) is 16.3 Å². The number of fused-ring (bicyclic) bond motifs is 1. The number of amides is 1. The number of pyridine rings is 2. The van der Waals surface area contributed by atoms with E-state index in [1.54, 1.807) is 35.9 Å². The van der Waals surface area contributed by atoms with Gasteiger partial charge in [-0.2, -0.15) is 0 Å². The van der Waals surface area contributed by atoms with Gasteiger partial charge in [-0.3, -0.25) is 14.6 Å². The van der Waals surface area contributed by atoms with Gasteiger partial charge in [0.25, 0.3) is 11.5 Å². The summed E-state index contributed by atoms with van der Waals surface area (Å²) < 4.78 is 7.42. The van der Waals surface area contributed by atoms with Crippen molar-refractivity contribution in [2.75, 3.05) is 6.61 Å². The maximum absolute atomic E-state index is 13.0. The summed E-state index contributed by atoms with van der Waals surface area (Å²) in [6, 6.07) is 10.8. The van der Waals surface area contributed by atoms with E-state index in [9.17, 15) is 9.59 Å². The molecule has 0 spiro atoms. The zero-order chi connectivity index (χ0) is 21.1. The SMILES string of the molecule is Cc1nc2ccn(CC3CCCCO3)c(=O)c2cc1C(=O)NCc1ccc(Cl)cc1. The molecule has 1 saturated heterocycles. The van der Waals surface area contributed by atoms with E-state index in [0.29, 0.717) is 40.3 Å². The maximum atomic E-state index is 13.0. The molecule has 156 valence electrons. The van der Waals surface area contributed by atoms with E-state index >= 15 is 0 Å². The number of carbonyl (C=O) groups excluding carboxylic acids is 1. The minimum Gasteiger partial charge on any atom is -0.376 e. The van der Waals surface area contributed by atoms with Crippen molar-refractivity contribution in [1.82, 2.24) is 14.9 Å². The standard InChI is InChI=1S/C23H24ClN3O3/c1-15-19(22(28)25-13-16-5-7-17(24)8-6-16)12-20-21(26-15)9-10-27(23(20)29)14-18-4-2-3-11-30-18/h5-10,12,18H,2-4,11,13-14H2,1H3,(H,25,28). The lowest BCUT2D eigenvalue weighted by Crippen LogP contribution is -2.30. The van der Waals surface area contributed by atoms with Crippen molar-refractivity contribution in [2.45, 2.75) is 45.4 Å². The van der Waals surface area contributed by atoms with Gasteiger partial charge in [0.1, 0.15) is 0 Å². The summed E-state index contributed by atoms with van der Waals surface area (Å²) in [7, 11) is 0. The van der Waals surface area contributed by atoms with E-state index in [0.717, 1.165) is 31.4 Å². The second kappa shape index (κ2) is 8.98. The number of ether oxygens (including phenoxy) is 1. The summed E-state index contributed by atoms with van der Waals surface area (Å²) in [4.78, 5) is 30.3. The number of nitrogens with one attached hydrogen (secondary N) is 1. The van der Waals surface area contributed by atoms with Gasteiger partial charge < -0.3 is 14.6 Å². The van der Waals surface area contributed by atoms with Crippen LogP contribution in [0.3, 0.4) is 0 Å². The number of halogens is 1. The summed E-state index contributed by atoms with van der Waals surface area (Å²) in [6.07, 6.45) is 4.95. The maximum Gasteiger partial charge on any atom is 0.260 e. The molecular weight excluding hydrogens is 402 g/mol. The van der Waals surface area contributed by atoms with E-state index in [1.165, 1.54) is 0 Å². The summed E-state index contributed by atoms with van der Waals surface area (Å²) in [5.74, 6) is -0.262. The van der Waals surface area contributed by atoms with Crippen LogP contribution in [0.1, 0.15) is 40.9 Å². The topological polar surface area (TPSA) is 73.2 Å². The lowest BCUT2D eigenvalue weighted by molar-refractivity contribution is 0.00551. The van der Waals surface area contributed by atoms with Gasteiger partial charge in [-0.1, -0.05) is 23.7 Å². The fourth-order valence-corrected chi connectivity index (χ4v) is 3.86. The van der Waals surface area contributed by atoms with Crippen molar-refractivity contribution >= 4 is 28.4 Å². The van der Waals surface area contributed by atoms with Gasteiger partial charge in [0.15, 0.2) is 0 Å². The zero-order valence-corrected chi connectivity index (χ0v) is 17.6. The van der Waals surface area contributed by atoms with Crippen LogP contribution in [-0.4, -0.2) is 28.2 Å². The number of aryl methyl sites for hydroxylation is 1. The quantitative estimate of drug-likeness (QED) is 0.673. The highest BCUT2D eigenvalue weighted by Crippen LogP contribution is 2.17. The second-order valence-corrected chi connectivity index (χ2v) is 8.06. The number of benzene rings is 1. The van der Waals surface area contributed by atoms with E-state index < -0.39 is 0 Å². The minimum absolute atomic E-state index is 0.0504. The van der Waals surface area contributed by atoms with Crippen LogP contribution in [0.4, 0.5) is 0 Å². The molecule has 1 aliphatic heterocycles. The van der Waals surface area contributed by atoms with Crippen LogP contribution < -0.4 is 10.9 Å².